The van der Waals surface area contributed by atoms with Crippen LogP contribution >= 0.6 is 13.0 Å². The molecule has 0 aliphatic rings. The van der Waals surface area contributed by atoms with E-state index in [0.29, 0.717) is 6.07 Å². The molecule has 0 aliphatic heterocycles. The third-order valence-corrected chi connectivity index (χ3v) is 40.8. The van der Waals surface area contributed by atoms with Crippen LogP contribution < -0.4 is 16.5 Å². The summed E-state index contributed by atoms with van der Waals surface area (Å²) in [6, 6.07) is 17.9. The molecule has 4 aromatic carbocycles. The summed E-state index contributed by atoms with van der Waals surface area (Å²) in [5.41, 5.74) is -1.92. The Kier molecular flexibility index (Phi) is 13.9. The third-order valence-electron chi connectivity index (χ3n) is 10.5. The number of ether oxygens (including phenoxy) is 1. The zero-order valence-corrected chi connectivity index (χ0v) is 40.9. The number of alkyl halides is 8. The first-order valence-electron chi connectivity index (χ1n) is 20.1. The van der Waals surface area contributed by atoms with Crippen LogP contribution in [-0.4, -0.2) is 32.7 Å². The van der Waals surface area contributed by atoms with E-state index in [0.717, 1.165) is 36.7 Å². The number of nitrogens with one attached hydrogen (secondary N) is 2. The summed E-state index contributed by atoms with van der Waals surface area (Å²) in [6.45, 7) is 13.2. The zero-order valence-electron chi connectivity index (χ0n) is 36.3. The summed E-state index contributed by atoms with van der Waals surface area (Å²) >= 11 is -5.94. The molecule has 1 heterocycles. The van der Waals surface area contributed by atoms with Crippen molar-refractivity contribution >= 4 is 30.7 Å². The molecule has 0 fully saturated rings. The van der Waals surface area contributed by atoms with E-state index in [-0.39, 0.29) is 28.0 Å². The number of halogens is 9. The fourth-order valence-electron chi connectivity index (χ4n) is 7.53. The summed E-state index contributed by atoms with van der Waals surface area (Å²) in [7, 11) is -4.86. The number of nitrogens with zero attached hydrogens (tertiary/aromatic N) is 1. The first-order chi connectivity index (χ1) is 29.6. The van der Waals surface area contributed by atoms with Crippen molar-refractivity contribution in [3.05, 3.63) is 128 Å². The number of aromatic amines is 2. The Morgan fingerprint density at radius 1 is 0.688 bits per heavy atom. The number of aromatic nitrogens is 2. The topological polar surface area (TPSA) is 108 Å². The van der Waals surface area contributed by atoms with Crippen molar-refractivity contribution in [3.8, 4) is 23.3 Å². The first kappa shape index (κ1) is 50.8. The van der Waals surface area contributed by atoms with Gasteiger partial charge in [-0.15, -0.1) is 0 Å². The molecule has 354 valence electrons. The Bertz CT molecular complexity index is 2700. The third kappa shape index (κ3) is 7.68. The van der Waals surface area contributed by atoms with Crippen molar-refractivity contribution in [2.24, 2.45) is 0 Å². The van der Waals surface area contributed by atoms with Crippen LogP contribution in [-0.2, 0) is 28.2 Å². The minimum absolute atomic E-state index is 0.0435. The molecule has 0 atom stereocenters. The number of rotatable bonds is 15. The van der Waals surface area contributed by atoms with Gasteiger partial charge < -0.3 is 0 Å². The van der Waals surface area contributed by atoms with Gasteiger partial charge in [-0.25, -0.2) is 0 Å². The van der Waals surface area contributed by atoms with Gasteiger partial charge in [-0.1, -0.05) is 6.07 Å². The molecule has 64 heavy (non-hydrogen) atoms. The maximum absolute atomic E-state index is 19.3. The van der Waals surface area contributed by atoms with E-state index in [1.165, 1.54) is 42.5 Å². The van der Waals surface area contributed by atoms with Crippen molar-refractivity contribution in [1.29, 1.82) is 5.26 Å². The van der Waals surface area contributed by atoms with Gasteiger partial charge in [-0.3, -0.25) is 0 Å². The molecule has 0 amide bonds. The predicted molar refractivity (Wildman–Crippen MR) is 233 cm³/mol. The van der Waals surface area contributed by atoms with Gasteiger partial charge in [0.2, 0.25) is 0 Å². The van der Waals surface area contributed by atoms with Crippen LogP contribution in [0.3, 0.4) is 0 Å². The Morgan fingerprint density at radius 2 is 1.12 bits per heavy atom. The SMILES string of the molecule is CC(C)c1cccc(C(C)C)[c]1[Au]([Br])([c]1c(C(C)C)cccc1C(C)C)(=[c]1[nH]cc[nH]1)([C](F)(F)F)[C](F)(F)CCCS(=O)(=O)Oc1cccc(Oc2cccc(C(F)(F)F)c2C#N)c1. The van der Waals surface area contributed by atoms with Crippen molar-refractivity contribution in [2.45, 2.75) is 107 Å². The summed E-state index contributed by atoms with van der Waals surface area (Å²) in [5, 5.41) is 9.50. The standard InChI is InChI=1S/C18H13F5NO4S.2C12H17.C3H4N2.CF3.Au.BrH/c19-17(20)8-3-9-29(25,26)28-13-5-1-4-12(10-13)27-16-7-2-6-15(14(16)11-24)18(21,22)23;2*1-9(2)11-6-5-7-12(8-11)10(3)4;1-2-5-3-4-1;2-1(3)4;;/h1-2,4-7,10H,3,8-9H2;2*5-7,9-10H,1-4H3;1-2,4-5H;;;1H/q;;;;;+1;/p-1. The fraction of sp³-hybridized carbons (Fsp3) is 0.391. The Morgan fingerprint density at radius 3 is 1.55 bits per heavy atom. The van der Waals surface area contributed by atoms with Crippen LogP contribution in [0, 0.1) is 15.0 Å². The van der Waals surface area contributed by atoms with Gasteiger partial charge in [0, 0.05) is 0 Å². The Balaban J connectivity index is 1.77. The van der Waals surface area contributed by atoms with Gasteiger partial charge in [-0.05, 0) is 6.07 Å². The number of hydrogen-bond donors (Lipinski definition) is 2. The van der Waals surface area contributed by atoms with Crippen molar-refractivity contribution in [2.75, 3.05) is 5.75 Å². The normalized spacial score (nSPS) is 14.2. The summed E-state index contributed by atoms with van der Waals surface area (Å²) < 4.78 is 159. The number of H-pyrrole nitrogens is 2. The quantitative estimate of drug-likeness (QED) is 0.0617. The average Bonchev–Trinajstić information content (AvgIpc) is 3.75. The van der Waals surface area contributed by atoms with E-state index in [1.54, 1.807) is 67.5 Å². The van der Waals surface area contributed by atoms with Crippen LogP contribution in [0.25, 0.3) is 0 Å². The summed E-state index contributed by atoms with van der Waals surface area (Å²) in [5.74, 6) is -5.18. The molecule has 2 N–H and O–H groups in total. The molecule has 0 saturated heterocycles. The van der Waals surface area contributed by atoms with E-state index >= 15 is 22.0 Å². The summed E-state index contributed by atoms with van der Waals surface area (Å²) in [6.07, 6.45) is -5.22. The Hall–Kier alpha value is -4.21. The minimum atomic E-state index is -9.33. The molecule has 1 aromatic heterocycles. The van der Waals surface area contributed by atoms with E-state index in [1.807, 2.05) is 0 Å². The molecule has 0 unspecified atom stereocenters. The van der Waals surface area contributed by atoms with Gasteiger partial charge in [0.05, 0.1) is 5.56 Å². The van der Waals surface area contributed by atoms with Crippen LogP contribution in [0.15, 0.2) is 91.3 Å². The summed E-state index contributed by atoms with van der Waals surface area (Å²) in [4.78, 5) is 5.32. The molecule has 5 aromatic rings. The number of imidazole rings is 1. The average molecular weight is 1170 g/mol. The molecule has 0 radical (unpaired) electrons. The van der Waals surface area contributed by atoms with E-state index < -0.39 is 113 Å². The zero-order chi connectivity index (χ0) is 47.9. The molecule has 7 nitrogen and oxygen atoms in total. The van der Waals surface area contributed by atoms with Crippen LogP contribution in [0.2, 0.25) is 0 Å². The van der Waals surface area contributed by atoms with Gasteiger partial charge >= 0.3 is 332 Å². The second-order valence-electron chi connectivity index (χ2n) is 16.2. The van der Waals surface area contributed by atoms with Crippen LogP contribution in [0.4, 0.5) is 35.1 Å². The molecule has 5 rings (SSSR count). The monoisotopic (exact) mass is 1170 g/mol. The van der Waals surface area contributed by atoms with Crippen molar-refractivity contribution in [1.82, 2.24) is 9.97 Å². The fourth-order valence-corrected chi connectivity index (χ4v) is 34.6. The van der Waals surface area contributed by atoms with E-state index in [9.17, 15) is 26.9 Å². The second-order valence-corrected chi connectivity index (χ2v) is 41.2. The van der Waals surface area contributed by atoms with Crippen LogP contribution in [0.5, 0.6) is 17.2 Å². The second kappa shape index (κ2) is 17.5. The van der Waals surface area contributed by atoms with Gasteiger partial charge in [-0.2, -0.15) is 18.4 Å². The number of hydrogen-bond acceptors (Lipinski definition) is 5. The van der Waals surface area contributed by atoms with E-state index in [4.69, 9.17) is 8.92 Å². The molecule has 18 heteroatoms. The first-order valence-corrected chi connectivity index (χ1v) is 31.8. The Labute approximate surface area is 372 Å². The molecule has 0 aliphatic carbocycles. The van der Waals surface area contributed by atoms with Gasteiger partial charge in [0.25, 0.3) is 0 Å². The molecule has 0 saturated carbocycles. The molecular formula is C46H51AuBrF8N3O4S. The van der Waals surface area contributed by atoms with Gasteiger partial charge in [0.1, 0.15) is 6.07 Å². The number of nitriles is 1. The molecular weight excluding hydrogens is 1120 g/mol. The predicted octanol–water partition coefficient (Wildman–Crippen LogP) is 13.5. The number of benzene rings is 4. The van der Waals surface area contributed by atoms with Crippen LogP contribution in [0.1, 0.15) is 125 Å². The molecule has 0 spiro atoms. The maximum atomic E-state index is 19.3. The molecule has 0 bridgehead atoms. The van der Waals surface area contributed by atoms with Crippen molar-refractivity contribution < 1.29 is 64.4 Å². The van der Waals surface area contributed by atoms with E-state index in [2.05, 4.69) is 23.0 Å². The van der Waals surface area contributed by atoms with Crippen molar-refractivity contribution in [3.63, 3.8) is 0 Å². The van der Waals surface area contributed by atoms with Gasteiger partial charge in [0.15, 0.2) is 0 Å².